The van der Waals surface area contributed by atoms with E-state index in [2.05, 4.69) is 33.6 Å². The van der Waals surface area contributed by atoms with Crippen LogP contribution in [0.5, 0.6) is 0 Å². The van der Waals surface area contributed by atoms with Crippen molar-refractivity contribution in [2.24, 2.45) is 5.92 Å². The number of nitrogens with zero attached hydrogens (tertiary/aromatic N) is 3. The third-order valence-electron chi connectivity index (χ3n) is 7.12. The summed E-state index contributed by atoms with van der Waals surface area (Å²) in [6.07, 6.45) is 8.77. The maximum atomic E-state index is 12.8. The van der Waals surface area contributed by atoms with E-state index in [1.165, 1.54) is 0 Å². The molecule has 0 spiro atoms. The van der Waals surface area contributed by atoms with Crippen LogP contribution in [0.4, 0.5) is 5.69 Å². The van der Waals surface area contributed by atoms with Crippen molar-refractivity contribution in [1.82, 2.24) is 20.2 Å². The number of anilines is 1. The molecule has 2 aromatic heterocycles. The molecule has 0 bridgehead atoms. The van der Waals surface area contributed by atoms with E-state index < -0.39 is 0 Å². The van der Waals surface area contributed by atoms with Gasteiger partial charge in [0.1, 0.15) is 0 Å². The first-order valence-electron chi connectivity index (χ1n) is 12.2. The molecule has 6 heteroatoms. The zero-order valence-electron chi connectivity index (χ0n) is 19.4. The van der Waals surface area contributed by atoms with Crippen molar-refractivity contribution in [3.05, 3.63) is 54.4 Å². The van der Waals surface area contributed by atoms with Crippen LogP contribution in [0.3, 0.4) is 0 Å². The summed E-state index contributed by atoms with van der Waals surface area (Å²) in [4.78, 5) is 24.4. The summed E-state index contributed by atoms with van der Waals surface area (Å²) in [5.41, 5.74) is 4.76. The molecule has 33 heavy (non-hydrogen) atoms. The second kappa shape index (κ2) is 9.98. The monoisotopic (exact) mass is 443 g/mol. The zero-order valence-corrected chi connectivity index (χ0v) is 19.4. The zero-order chi connectivity index (χ0) is 22.6. The lowest BCUT2D eigenvalue weighted by atomic mass is 9.90. The number of rotatable bonds is 6. The molecular formula is C27H33N5O. The van der Waals surface area contributed by atoms with Gasteiger partial charge in [-0.1, -0.05) is 24.3 Å². The molecular weight excluding hydrogens is 410 g/mol. The number of piperidine rings is 2. The highest BCUT2D eigenvalue weighted by molar-refractivity contribution is 5.97. The molecule has 0 amide bonds. The molecule has 5 rings (SSSR count). The van der Waals surface area contributed by atoms with Crippen LogP contribution in [0.2, 0.25) is 0 Å². The van der Waals surface area contributed by atoms with Crippen molar-refractivity contribution in [2.45, 2.75) is 38.1 Å². The lowest BCUT2D eigenvalue weighted by Crippen LogP contribution is -2.35. The summed E-state index contributed by atoms with van der Waals surface area (Å²) in [5, 5.41) is 8.20. The van der Waals surface area contributed by atoms with E-state index in [4.69, 9.17) is 4.98 Å². The van der Waals surface area contributed by atoms with Gasteiger partial charge >= 0.3 is 0 Å². The number of carbonyl (C=O) groups is 1. The maximum Gasteiger partial charge on any atom is 0.163 e. The average Bonchev–Trinajstić information content (AvgIpc) is 2.86. The number of hydrogen-bond acceptors (Lipinski definition) is 6. The topological polar surface area (TPSA) is 70.2 Å². The Morgan fingerprint density at radius 1 is 1.09 bits per heavy atom. The molecule has 2 N–H and O–H groups in total. The molecule has 0 unspecified atom stereocenters. The highest BCUT2D eigenvalue weighted by atomic mass is 16.1. The van der Waals surface area contributed by atoms with Crippen molar-refractivity contribution in [3.8, 4) is 11.3 Å². The first kappa shape index (κ1) is 22.0. The Morgan fingerprint density at radius 3 is 2.61 bits per heavy atom. The maximum absolute atomic E-state index is 12.8. The minimum absolute atomic E-state index is 0.252. The van der Waals surface area contributed by atoms with Gasteiger partial charge in [0.25, 0.3) is 0 Å². The van der Waals surface area contributed by atoms with Gasteiger partial charge in [-0.15, -0.1) is 0 Å². The van der Waals surface area contributed by atoms with Crippen molar-refractivity contribution < 1.29 is 4.79 Å². The summed E-state index contributed by atoms with van der Waals surface area (Å²) < 4.78 is 0. The molecule has 6 nitrogen and oxygen atoms in total. The van der Waals surface area contributed by atoms with Gasteiger partial charge in [-0.2, -0.15) is 0 Å². The van der Waals surface area contributed by atoms with Crippen LogP contribution < -0.4 is 10.6 Å². The Hall–Kier alpha value is -2.83. The molecule has 3 aromatic rings. The predicted molar refractivity (Wildman–Crippen MR) is 134 cm³/mol. The molecule has 2 aliphatic heterocycles. The SMILES string of the molecule is CN1CCC(CC(=O)c2ccc(-c3cc(NC4CCNCC4)c4cnccc4n3)cc2)CC1. The minimum atomic E-state index is 0.252. The smallest absolute Gasteiger partial charge is 0.163 e. The van der Waals surface area contributed by atoms with E-state index in [9.17, 15) is 4.79 Å². The van der Waals surface area contributed by atoms with E-state index in [1.807, 2.05) is 36.5 Å². The second-order valence-electron chi connectivity index (χ2n) is 9.57. The van der Waals surface area contributed by atoms with Crippen LogP contribution in [0.15, 0.2) is 48.8 Å². The molecule has 4 heterocycles. The lowest BCUT2D eigenvalue weighted by molar-refractivity contribution is 0.0936. The Balaban J connectivity index is 1.35. The van der Waals surface area contributed by atoms with E-state index in [0.29, 0.717) is 18.4 Å². The molecule has 2 aliphatic rings. The average molecular weight is 444 g/mol. The quantitative estimate of drug-likeness (QED) is 0.551. The van der Waals surface area contributed by atoms with Crippen LogP contribution in [0.1, 0.15) is 42.5 Å². The number of fused-ring (bicyclic) bond motifs is 1. The standard InChI is InChI=1S/C27H33N5O/c1-32-14-9-19(10-15-32)16-27(33)21-4-2-20(3-5-21)25-17-26(30-22-6-11-28-12-7-22)23-18-29-13-8-24(23)31-25/h2-5,8,13,17-19,22,28H,6-7,9-12,14-16H2,1H3,(H,30,31). The van der Waals surface area contributed by atoms with Gasteiger partial charge in [-0.3, -0.25) is 9.78 Å². The summed E-state index contributed by atoms with van der Waals surface area (Å²) in [5.74, 6) is 0.759. The largest absolute Gasteiger partial charge is 0.382 e. The van der Waals surface area contributed by atoms with Crippen LogP contribution in [0, 0.1) is 5.92 Å². The first-order valence-corrected chi connectivity index (χ1v) is 12.2. The number of carbonyl (C=O) groups excluding carboxylic acids is 1. The third kappa shape index (κ3) is 5.23. The van der Waals surface area contributed by atoms with E-state index >= 15 is 0 Å². The first-order chi connectivity index (χ1) is 16.2. The molecule has 0 saturated carbocycles. The van der Waals surface area contributed by atoms with Crippen molar-refractivity contribution >= 4 is 22.4 Å². The Kier molecular flexibility index (Phi) is 6.65. The van der Waals surface area contributed by atoms with Crippen LogP contribution in [-0.2, 0) is 0 Å². The van der Waals surface area contributed by atoms with Gasteiger partial charge in [0.15, 0.2) is 5.78 Å². The number of nitrogens with one attached hydrogen (secondary N) is 2. The minimum Gasteiger partial charge on any atom is -0.382 e. The molecule has 172 valence electrons. The predicted octanol–water partition coefficient (Wildman–Crippen LogP) is 4.38. The van der Waals surface area contributed by atoms with Gasteiger partial charge in [-0.05, 0) is 77.0 Å². The number of likely N-dealkylation sites (tertiary alicyclic amines) is 1. The lowest BCUT2D eigenvalue weighted by Gasteiger charge is -2.28. The van der Waals surface area contributed by atoms with E-state index in [1.54, 1.807) is 6.20 Å². The molecule has 0 aliphatic carbocycles. The van der Waals surface area contributed by atoms with Crippen LogP contribution >= 0.6 is 0 Å². The van der Waals surface area contributed by atoms with Gasteiger partial charge in [0.05, 0.1) is 11.2 Å². The fourth-order valence-electron chi connectivity index (χ4n) is 5.00. The number of ketones is 1. The molecule has 0 radical (unpaired) electrons. The molecule has 2 fully saturated rings. The Morgan fingerprint density at radius 2 is 1.85 bits per heavy atom. The number of aromatic nitrogens is 2. The van der Waals surface area contributed by atoms with Crippen molar-refractivity contribution in [3.63, 3.8) is 0 Å². The fraction of sp³-hybridized carbons (Fsp3) is 0.444. The summed E-state index contributed by atoms with van der Waals surface area (Å²) >= 11 is 0. The highest BCUT2D eigenvalue weighted by Gasteiger charge is 2.20. The van der Waals surface area contributed by atoms with Crippen LogP contribution in [0.25, 0.3) is 22.2 Å². The Bertz CT molecular complexity index is 1100. The number of hydrogen-bond donors (Lipinski definition) is 2. The number of pyridine rings is 2. The molecule has 0 atom stereocenters. The van der Waals surface area contributed by atoms with Gasteiger partial charge < -0.3 is 15.5 Å². The summed E-state index contributed by atoms with van der Waals surface area (Å²) in [6, 6.07) is 12.5. The van der Waals surface area contributed by atoms with Crippen molar-refractivity contribution in [2.75, 3.05) is 38.5 Å². The summed E-state index contributed by atoms with van der Waals surface area (Å²) in [6.45, 7) is 4.26. The highest BCUT2D eigenvalue weighted by Crippen LogP contribution is 2.30. The van der Waals surface area contributed by atoms with E-state index in [0.717, 1.165) is 85.3 Å². The van der Waals surface area contributed by atoms with Gasteiger partial charge in [-0.25, -0.2) is 4.98 Å². The second-order valence-corrected chi connectivity index (χ2v) is 9.57. The molecule has 2 saturated heterocycles. The van der Waals surface area contributed by atoms with Gasteiger partial charge in [0.2, 0.25) is 0 Å². The molecule has 1 aromatic carbocycles. The summed E-state index contributed by atoms with van der Waals surface area (Å²) in [7, 11) is 2.15. The van der Waals surface area contributed by atoms with Crippen LogP contribution in [-0.4, -0.2) is 59.9 Å². The number of benzene rings is 1. The third-order valence-corrected chi connectivity index (χ3v) is 7.12. The normalized spacial score (nSPS) is 18.5. The van der Waals surface area contributed by atoms with E-state index in [-0.39, 0.29) is 5.78 Å². The van der Waals surface area contributed by atoms with Crippen molar-refractivity contribution in [1.29, 1.82) is 0 Å². The van der Waals surface area contributed by atoms with Gasteiger partial charge in [0, 0.05) is 47.1 Å². The fourth-order valence-corrected chi connectivity index (χ4v) is 5.00. The Labute approximate surface area is 195 Å². The number of Topliss-reactive ketones (excluding diaryl/α,β-unsaturated/α-hetero) is 1.